The first-order valence-electron chi connectivity index (χ1n) is 9.36. The number of hydrogen-bond donors (Lipinski definition) is 1. The van der Waals surface area contributed by atoms with Gasteiger partial charge >= 0.3 is 0 Å². The van der Waals surface area contributed by atoms with Gasteiger partial charge in [-0.3, -0.25) is 10.1 Å². The van der Waals surface area contributed by atoms with E-state index in [1.807, 2.05) is 18.2 Å². The molecule has 0 aromatic heterocycles. The number of fused-ring (bicyclic) bond motifs is 2. The van der Waals surface area contributed by atoms with Crippen molar-refractivity contribution in [3.8, 4) is 11.5 Å². The number of para-hydroxylation sites is 1. The number of rotatable bonds is 3. The molecule has 0 radical (unpaired) electrons. The lowest BCUT2D eigenvalue weighted by atomic mass is 9.70. The quantitative estimate of drug-likeness (QED) is 0.590. The van der Waals surface area contributed by atoms with Crippen LogP contribution < -0.4 is 14.8 Å². The van der Waals surface area contributed by atoms with Crippen LogP contribution in [0.5, 0.6) is 11.5 Å². The van der Waals surface area contributed by atoms with Crippen molar-refractivity contribution in [2.75, 3.05) is 12.4 Å². The van der Waals surface area contributed by atoms with Crippen LogP contribution in [0.2, 0.25) is 0 Å². The summed E-state index contributed by atoms with van der Waals surface area (Å²) in [4.78, 5) is 10.9. The first-order valence-corrected chi connectivity index (χ1v) is 9.36. The summed E-state index contributed by atoms with van der Waals surface area (Å²) in [6, 6.07) is 11.1. The molecule has 2 aliphatic heterocycles. The first-order chi connectivity index (χ1) is 13.2. The molecule has 2 heterocycles. The van der Waals surface area contributed by atoms with E-state index in [-0.39, 0.29) is 17.0 Å². The number of nitrogens with zero attached hydrogens (tertiary/aromatic N) is 1. The smallest absolute Gasteiger partial charge is 0.274 e. The zero-order valence-electron chi connectivity index (χ0n) is 16.7. The summed E-state index contributed by atoms with van der Waals surface area (Å²) in [5, 5.41) is 15.0. The molecule has 2 aliphatic rings. The van der Waals surface area contributed by atoms with Crippen molar-refractivity contribution >= 4 is 17.5 Å². The second kappa shape index (κ2) is 5.99. The number of non-ortho nitro benzene ring substituents is 1. The Morgan fingerprint density at radius 1 is 1.21 bits per heavy atom. The van der Waals surface area contributed by atoms with Crippen LogP contribution in [0.15, 0.2) is 42.0 Å². The van der Waals surface area contributed by atoms with Gasteiger partial charge in [-0.15, -0.1) is 0 Å². The summed E-state index contributed by atoms with van der Waals surface area (Å²) in [5.41, 5.74) is 2.72. The number of nitro groups is 1. The molecule has 0 saturated carbocycles. The van der Waals surface area contributed by atoms with Gasteiger partial charge in [0.1, 0.15) is 0 Å². The van der Waals surface area contributed by atoms with Gasteiger partial charge in [-0.2, -0.15) is 0 Å². The van der Waals surface area contributed by atoms with Crippen LogP contribution in [0.25, 0.3) is 6.08 Å². The van der Waals surface area contributed by atoms with Crippen molar-refractivity contribution in [2.45, 2.75) is 38.8 Å². The van der Waals surface area contributed by atoms with Crippen molar-refractivity contribution in [3.05, 3.63) is 63.2 Å². The standard InChI is InChI=1S/C22H24N2O4/c1-13(2)17-11-14-10-15(24(25)26)12-19(27-5)20(14)28-22(17)21(3,4)16-8-6-7-9-18(16)23-22/h6-13,23H,1-5H3. The van der Waals surface area contributed by atoms with E-state index in [1.54, 1.807) is 6.07 Å². The molecule has 4 rings (SSSR count). The predicted molar refractivity (Wildman–Crippen MR) is 109 cm³/mol. The maximum absolute atomic E-state index is 11.3. The number of nitrogens with one attached hydrogen (secondary N) is 1. The van der Waals surface area contributed by atoms with E-state index in [4.69, 9.17) is 9.47 Å². The van der Waals surface area contributed by atoms with E-state index in [1.165, 1.54) is 18.7 Å². The van der Waals surface area contributed by atoms with Gasteiger partial charge in [-0.05, 0) is 43.0 Å². The number of anilines is 1. The van der Waals surface area contributed by atoms with Crippen LogP contribution in [0.4, 0.5) is 11.4 Å². The van der Waals surface area contributed by atoms with Gasteiger partial charge in [-0.1, -0.05) is 32.0 Å². The molecule has 0 amide bonds. The summed E-state index contributed by atoms with van der Waals surface area (Å²) < 4.78 is 12.1. The van der Waals surface area contributed by atoms with E-state index in [9.17, 15) is 10.1 Å². The Kier molecular flexibility index (Phi) is 3.93. The van der Waals surface area contributed by atoms with Gasteiger partial charge in [-0.25, -0.2) is 0 Å². The Labute approximate surface area is 164 Å². The summed E-state index contributed by atoms with van der Waals surface area (Å²) in [6.45, 7) is 8.53. The van der Waals surface area contributed by atoms with E-state index in [2.05, 4.69) is 45.1 Å². The molecule has 2 aromatic rings. The SMILES string of the molecule is COc1cc([N+](=O)[O-])cc2c1OC1(Nc3ccccc3C1(C)C)C(C(C)C)=C2. The molecule has 0 saturated heterocycles. The fourth-order valence-electron chi connectivity index (χ4n) is 4.40. The minimum Gasteiger partial charge on any atom is -0.493 e. The highest BCUT2D eigenvalue weighted by molar-refractivity contribution is 5.76. The van der Waals surface area contributed by atoms with Crippen molar-refractivity contribution < 1.29 is 14.4 Å². The molecule has 0 fully saturated rings. The Bertz CT molecular complexity index is 1010. The van der Waals surface area contributed by atoms with Gasteiger partial charge in [0.2, 0.25) is 5.72 Å². The molecule has 146 valence electrons. The summed E-state index contributed by atoms with van der Waals surface area (Å²) in [6.07, 6.45) is 2.01. The van der Waals surface area contributed by atoms with Gasteiger partial charge in [0.25, 0.3) is 5.69 Å². The predicted octanol–water partition coefficient (Wildman–Crippen LogP) is 5.13. The Hall–Kier alpha value is -3.02. The average Bonchev–Trinajstić information content (AvgIpc) is 2.87. The number of nitro benzene ring substituents is 1. The van der Waals surface area contributed by atoms with Gasteiger partial charge < -0.3 is 14.8 Å². The molecular formula is C22H24N2O4. The lowest BCUT2D eigenvalue weighted by Crippen LogP contribution is -2.57. The largest absolute Gasteiger partial charge is 0.493 e. The summed E-state index contributed by atoms with van der Waals surface area (Å²) in [7, 11) is 1.50. The second-order valence-electron chi connectivity index (χ2n) is 8.16. The lowest BCUT2D eigenvalue weighted by molar-refractivity contribution is -0.385. The van der Waals surface area contributed by atoms with Gasteiger partial charge in [0.05, 0.1) is 23.5 Å². The number of benzene rings is 2. The van der Waals surface area contributed by atoms with Gasteiger partial charge in [0, 0.05) is 17.3 Å². The molecule has 1 N–H and O–H groups in total. The van der Waals surface area contributed by atoms with E-state index >= 15 is 0 Å². The number of ether oxygens (including phenoxy) is 2. The maximum Gasteiger partial charge on any atom is 0.274 e. The normalized spacial score (nSPS) is 21.4. The fraction of sp³-hybridized carbons (Fsp3) is 0.364. The maximum atomic E-state index is 11.3. The van der Waals surface area contributed by atoms with E-state index < -0.39 is 10.6 Å². The first kappa shape index (κ1) is 18.3. The fourth-order valence-corrected chi connectivity index (χ4v) is 4.40. The molecule has 1 atom stereocenters. The van der Waals surface area contributed by atoms with Crippen molar-refractivity contribution in [2.24, 2.45) is 5.92 Å². The zero-order chi connectivity index (χ0) is 20.3. The Morgan fingerprint density at radius 2 is 1.93 bits per heavy atom. The monoisotopic (exact) mass is 380 g/mol. The van der Waals surface area contributed by atoms with Crippen LogP contribution in [-0.2, 0) is 5.41 Å². The molecule has 2 aromatic carbocycles. The number of methoxy groups -OCH3 is 1. The Balaban J connectivity index is 1.97. The minimum atomic E-state index is -0.804. The molecule has 6 heteroatoms. The van der Waals surface area contributed by atoms with Crippen LogP contribution in [0.1, 0.15) is 38.8 Å². The molecular weight excluding hydrogens is 356 g/mol. The van der Waals surface area contributed by atoms with Crippen molar-refractivity contribution in [3.63, 3.8) is 0 Å². The lowest BCUT2D eigenvalue weighted by Gasteiger charge is -2.47. The van der Waals surface area contributed by atoms with Crippen molar-refractivity contribution in [1.82, 2.24) is 0 Å². The third-order valence-corrected chi connectivity index (χ3v) is 5.89. The topological polar surface area (TPSA) is 73.6 Å². The van der Waals surface area contributed by atoms with Crippen molar-refractivity contribution in [1.29, 1.82) is 0 Å². The van der Waals surface area contributed by atoms with Gasteiger partial charge in [0.15, 0.2) is 11.5 Å². The molecule has 28 heavy (non-hydrogen) atoms. The summed E-state index contributed by atoms with van der Waals surface area (Å²) in [5.74, 6) is 1.04. The van der Waals surface area contributed by atoms with Crippen LogP contribution in [0.3, 0.4) is 0 Å². The molecule has 1 spiro atoms. The number of hydrogen-bond acceptors (Lipinski definition) is 5. The third kappa shape index (κ3) is 2.33. The second-order valence-corrected chi connectivity index (χ2v) is 8.16. The molecule has 0 bridgehead atoms. The summed E-state index contributed by atoms with van der Waals surface area (Å²) >= 11 is 0. The highest BCUT2D eigenvalue weighted by Gasteiger charge is 2.58. The van der Waals surface area contributed by atoms with E-state index in [0.29, 0.717) is 17.1 Å². The molecule has 1 unspecified atom stereocenters. The van der Waals surface area contributed by atoms with E-state index in [0.717, 1.165) is 11.3 Å². The molecule has 0 aliphatic carbocycles. The average molecular weight is 380 g/mol. The Morgan fingerprint density at radius 3 is 2.54 bits per heavy atom. The zero-order valence-corrected chi connectivity index (χ0v) is 16.7. The van der Waals surface area contributed by atoms with Crippen LogP contribution >= 0.6 is 0 Å². The highest BCUT2D eigenvalue weighted by atomic mass is 16.6. The molecule has 6 nitrogen and oxygen atoms in total. The minimum absolute atomic E-state index is 0.0172. The van der Waals surface area contributed by atoms with Crippen LogP contribution in [0, 0.1) is 16.0 Å². The van der Waals surface area contributed by atoms with Crippen LogP contribution in [-0.4, -0.2) is 17.8 Å². The third-order valence-electron chi connectivity index (χ3n) is 5.89. The highest BCUT2D eigenvalue weighted by Crippen LogP contribution is 2.56.